The second-order valence-corrected chi connectivity index (χ2v) is 3.65. The first kappa shape index (κ1) is 13.4. The lowest BCUT2D eigenvalue weighted by Gasteiger charge is -2.06. The largest absolute Gasteiger partial charge is 0.364 e. The topological polar surface area (TPSA) is 81.0 Å². The third-order valence-electron chi connectivity index (χ3n) is 2.05. The van der Waals surface area contributed by atoms with E-state index in [4.69, 9.17) is 11.6 Å². The van der Waals surface area contributed by atoms with Crippen LogP contribution in [0.2, 0.25) is 5.28 Å². The Morgan fingerprint density at radius 1 is 1.53 bits per heavy atom. The van der Waals surface area contributed by atoms with E-state index in [0.717, 1.165) is 6.42 Å². The van der Waals surface area contributed by atoms with E-state index in [1.54, 1.807) is 0 Å². The summed E-state index contributed by atoms with van der Waals surface area (Å²) in [5.74, 6) is 0.164. The first-order valence-electron chi connectivity index (χ1n) is 5.09. The lowest BCUT2D eigenvalue weighted by atomic mass is 10.3. The van der Waals surface area contributed by atoms with Gasteiger partial charge in [0.25, 0.3) is 0 Å². The molecule has 0 aromatic carbocycles. The summed E-state index contributed by atoms with van der Waals surface area (Å²) in [7, 11) is 0. The first-order chi connectivity index (χ1) is 8.06. The van der Waals surface area contributed by atoms with E-state index in [1.807, 2.05) is 19.1 Å². The fourth-order valence-corrected chi connectivity index (χ4v) is 1.53. The van der Waals surface area contributed by atoms with Gasteiger partial charge in [-0.05, 0) is 31.9 Å². The molecule has 7 heteroatoms. The quantitative estimate of drug-likeness (QED) is 0.288. The molecule has 1 aromatic heterocycles. The van der Waals surface area contributed by atoms with Crippen LogP contribution in [-0.4, -0.2) is 21.4 Å². The third-order valence-corrected chi connectivity index (χ3v) is 2.22. The van der Waals surface area contributed by atoms with Gasteiger partial charge in [0, 0.05) is 6.54 Å². The Morgan fingerprint density at radius 2 is 2.24 bits per heavy atom. The highest BCUT2D eigenvalue weighted by Crippen LogP contribution is 2.26. The molecule has 0 fully saturated rings. The van der Waals surface area contributed by atoms with Gasteiger partial charge in [-0.3, -0.25) is 10.1 Å². The number of hydrogen-bond acceptors (Lipinski definition) is 5. The molecule has 1 heterocycles. The fraction of sp³-hybridized carbons (Fsp3) is 0.400. The Balaban J connectivity index is 2.92. The van der Waals surface area contributed by atoms with Crippen molar-refractivity contribution < 1.29 is 4.92 Å². The van der Waals surface area contributed by atoms with Crippen molar-refractivity contribution in [3.63, 3.8) is 0 Å². The van der Waals surface area contributed by atoms with Crippen LogP contribution in [0.25, 0.3) is 0 Å². The van der Waals surface area contributed by atoms with E-state index < -0.39 is 4.92 Å². The van der Waals surface area contributed by atoms with Gasteiger partial charge in [0.05, 0.1) is 4.92 Å². The zero-order valence-corrected chi connectivity index (χ0v) is 10.4. The van der Waals surface area contributed by atoms with Crippen LogP contribution >= 0.6 is 11.6 Å². The Kier molecular flexibility index (Phi) is 4.84. The van der Waals surface area contributed by atoms with Crippen LogP contribution in [-0.2, 0) is 0 Å². The molecule has 17 heavy (non-hydrogen) atoms. The standard InChI is InChI=1S/C10H13ClN4O2/c1-3-4-5-6-12-9-8(15(16)17)7(2)13-10(11)14-9/h3-4H,5-6H2,1-2H3,(H,12,13,14)/b4-3+. The molecule has 0 amide bonds. The number of nitrogens with one attached hydrogen (secondary N) is 1. The van der Waals surface area contributed by atoms with Crippen LogP contribution < -0.4 is 5.32 Å². The minimum Gasteiger partial charge on any atom is -0.364 e. The number of hydrogen-bond donors (Lipinski definition) is 1. The van der Waals surface area contributed by atoms with Crippen LogP contribution in [0.5, 0.6) is 0 Å². The highest BCUT2D eigenvalue weighted by Gasteiger charge is 2.20. The smallest absolute Gasteiger partial charge is 0.332 e. The van der Waals surface area contributed by atoms with Crippen molar-refractivity contribution in [3.8, 4) is 0 Å². The average Bonchev–Trinajstić information content (AvgIpc) is 2.22. The number of rotatable bonds is 5. The molecule has 0 saturated heterocycles. The summed E-state index contributed by atoms with van der Waals surface area (Å²) in [6, 6.07) is 0. The monoisotopic (exact) mass is 256 g/mol. The molecule has 0 saturated carbocycles. The van der Waals surface area contributed by atoms with Gasteiger partial charge in [-0.1, -0.05) is 12.2 Å². The van der Waals surface area contributed by atoms with Crippen LogP contribution in [0.3, 0.4) is 0 Å². The molecular weight excluding hydrogens is 244 g/mol. The molecule has 92 valence electrons. The van der Waals surface area contributed by atoms with E-state index in [0.29, 0.717) is 6.54 Å². The molecule has 1 rings (SSSR count). The van der Waals surface area contributed by atoms with Gasteiger partial charge in [0.2, 0.25) is 11.1 Å². The zero-order chi connectivity index (χ0) is 12.8. The van der Waals surface area contributed by atoms with Gasteiger partial charge in [-0.2, -0.15) is 4.98 Å². The molecule has 0 bridgehead atoms. The molecule has 1 aromatic rings. The minimum absolute atomic E-state index is 0.00151. The third kappa shape index (κ3) is 3.67. The number of halogens is 1. The number of allylic oxidation sites excluding steroid dienone is 1. The SMILES string of the molecule is C/C=C/CCNc1nc(Cl)nc(C)c1[N+](=O)[O-]. The number of aromatic nitrogens is 2. The normalized spacial score (nSPS) is 10.8. The molecule has 1 N–H and O–H groups in total. The lowest BCUT2D eigenvalue weighted by Crippen LogP contribution is -2.08. The van der Waals surface area contributed by atoms with Gasteiger partial charge in [-0.15, -0.1) is 0 Å². The van der Waals surface area contributed by atoms with Crippen molar-refractivity contribution >= 4 is 23.1 Å². The molecule has 0 aliphatic rings. The second kappa shape index (κ2) is 6.15. The Hall–Kier alpha value is -1.69. The first-order valence-corrected chi connectivity index (χ1v) is 5.47. The van der Waals surface area contributed by atoms with Gasteiger partial charge in [-0.25, -0.2) is 4.98 Å². The van der Waals surface area contributed by atoms with E-state index >= 15 is 0 Å². The molecular formula is C10H13ClN4O2. The zero-order valence-electron chi connectivity index (χ0n) is 9.61. The van der Waals surface area contributed by atoms with Crippen molar-refractivity contribution in [2.45, 2.75) is 20.3 Å². The maximum atomic E-state index is 10.9. The summed E-state index contributed by atoms with van der Waals surface area (Å²) >= 11 is 5.67. The Morgan fingerprint density at radius 3 is 2.82 bits per heavy atom. The number of anilines is 1. The molecule has 0 radical (unpaired) electrons. The molecule has 0 spiro atoms. The van der Waals surface area contributed by atoms with Crippen LogP contribution in [0.15, 0.2) is 12.2 Å². The minimum atomic E-state index is -0.510. The number of aryl methyl sites for hydroxylation is 1. The summed E-state index contributed by atoms with van der Waals surface area (Å²) in [4.78, 5) is 17.9. The van der Waals surface area contributed by atoms with Crippen molar-refractivity contribution in [3.05, 3.63) is 33.2 Å². The summed E-state index contributed by atoms with van der Waals surface area (Å²) in [5, 5.41) is 13.8. The highest BCUT2D eigenvalue weighted by atomic mass is 35.5. The summed E-state index contributed by atoms with van der Waals surface area (Å²) < 4.78 is 0. The van der Waals surface area contributed by atoms with E-state index in [-0.39, 0.29) is 22.5 Å². The fourth-order valence-electron chi connectivity index (χ4n) is 1.32. The molecule has 0 atom stereocenters. The van der Waals surface area contributed by atoms with Gasteiger partial charge >= 0.3 is 5.69 Å². The van der Waals surface area contributed by atoms with E-state index in [1.165, 1.54) is 6.92 Å². The van der Waals surface area contributed by atoms with Crippen molar-refractivity contribution in [2.75, 3.05) is 11.9 Å². The van der Waals surface area contributed by atoms with Crippen LogP contribution in [0, 0.1) is 17.0 Å². The van der Waals surface area contributed by atoms with Gasteiger partial charge < -0.3 is 5.32 Å². The summed E-state index contributed by atoms with van der Waals surface area (Å²) in [5.41, 5.74) is 0.124. The Bertz CT molecular complexity index is 448. The number of nitro groups is 1. The maximum absolute atomic E-state index is 10.9. The van der Waals surface area contributed by atoms with Gasteiger partial charge in [0.15, 0.2) is 0 Å². The van der Waals surface area contributed by atoms with Crippen molar-refractivity contribution in [2.24, 2.45) is 0 Å². The van der Waals surface area contributed by atoms with Gasteiger partial charge in [0.1, 0.15) is 5.69 Å². The summed E-state index contributed by atoms with van der Waals surface area (Å²) in [6.07, 6.45) is 4.62. The molecule has 6 nitrogen and oxygen atoms in total. The van der Waals surface area contributed by atoms with Crippen molar-refractivity contribution in [1.82, 2.24) is 9.97 Å². The maximum Gasteiger partial charge on any atom is 0.332 e. The average molecular weight is 257 g/mol. The molecule has 0 aliphatic heterocycles. The van der Waals surface area contributed by atoms with Crippen LogP contribution in [0.4, 0.5) is 11.5 Å². The lowest BCUT2D eigenvalue weighted by molar-refractivity contribution is -0.385. The second-order valence-electron chi connectivity index (χ2n) is 3.32. The van der Waals surface area contributed by atoms with E-state index in [2.05, 4.69) is 15.3 Å². The number of nitrogens with zero attached hydrogens (tertiary/aromatic N) is 3. The van der Waals surface area contributed by atoms with Crippen LogP contribution in [0.1, 0.15) is 19.0 Å². The highest BCUT2D eigenvalue weighted by molar-refractivity contribution is 6.28. The van der Waals surface area contributed by atoms with E-state index in [9.17, 15) is 10.1 Å². The van der Waals surface area contributed by atoms with Crippen molar-refractivity contribution in [1.29, 1.82) is 0 Å². The predicted octanol–water partition coefficient (Wildman–Crippen LogP) is 2.72. The predicted molar refractivity (Wildman–Crippen MR) is 66.4 cm³/mol. The molecule has 0 aliphatic carbocycles. The Labute approximate surface area is 104 Å². The summed E-state index contributed by atoms with van der Waals surface area (Å²) in [6.45, 7) is 3.99. The molecule has 0 unspecified atom stereocenters.